The van der Waals surface area contributed by atoms with Gasteiger partial charge in [0.25, 0.3) is 0 Å². The number of halogens is 1. The summed E-state index contributed by atoms with van der Waals surface area (Å²) in [5, 5.41) is 0. The van der Waals surface area contributed by atoms with E-state index in [-0.39, 0.29) is 18.0 Å². The zero-order valence-corrected chi connectivity index (χ0v) is 7.58. The third-order valence-electron chi connectivity index (χ3n) is 3.28. The van der Waals surface area contributed by atoms with E-state index in [0.717, 1.165) is 6.42 Å². The summed E-state index contributed by atoms with van der Waals surface area (Å²) in [5.41, 5.74) is 0. The SMILES string of the molecule is O=C1OC2CCC3C1C3C2Br. The fraction of sp³-hybridized carbons (Fsp3) is 0.875. The average molecular weight is 217 g/mol. The van der Waals surface area contributed by atoms with Gasteiger partial charge >= 0.3 is 5.97 Å². The van der Waals surface area contributed by atoms with Crippen LogP contribution in [0.25, 0.3) is 0 Å². The lowest BCUT2D eigenvalue weighted by Gasteiger charge is -2.28. The Morgan fingerprint density at radius 1 is 1.45 bits per heavy atom. The Morgan fingerprint density at radius 3 is 3.09 bits per heavy atom. The van der Waals surface area contributed by atoms with E-state index in [0.29, 0.717) is 16.7 Å². The Balaban J connectivity index is 1.99. The van der Waals surface area contributed by atoms with Gasteiger partial charge in [0.15, 0.2) is 0 Å². The van der Waals surface area contributed by atoms with Gasteiger partial charge in [-0.15, -0.1) is 0 Å². The molecule has 1 heterocycles. The van der Waals surface area contributed by atoms with Gasteiger partial charge in [0.1, 0.15) is 6.10 Å². The van der Waals surface area contributed by atoms with E-state index in [4.69, 9.17) is 4.74 Å². The van der Waals surface area contributed by atoms with Gasteiger partial charge in [-0.3, -0.25) is 4.79 Å². The summed E-state index contributed by atoms with van der Waals surface area (Å²) in [6.45, 7) is 0. The van der Waals surface area contributed by atoms with Crippen LogP contribution in [-0.4, -0.2) is 16.9 Å². The topological polar surface area (TPSA) is 26.3 Å². The lowest BCUT2D eigenvalue weighted by Crippen LogP contribution is -2.35. The van der Waals surface area contributed by atoms with E-state index in [1.807, 2.05) is 0 Å². The van der Waals surface area contributed by atoms with E-state index in [2.05, 4.69) is 15.9 Å². The van der Waals surface area contributed by atoms with E-state index in [1.165, 1.54) is 6.42 Å². The monoisotopic (exact) mass is 216 g/mol. The molecule has 0 aromatic heterocycles. The largest absolute Gasteiger partial charge is 0.461 e. The second-order valence-corrected chi connectivity index (χ2v) is 4.82. The Bertz CT molecular complexity index is 226. The fourth-order valence-corrected chi connectivity index (χ4v) is 3.75. The molecule has 3 rings (SSSR count). The van der Waals surface area contributed by atoms with E-state index >= 15 is 0 Å². The summed E-state index contributed by atoms with van der Waals surface area (Å²) >= 11 is 3.60. The molecule has 0 radical (unpaired) electrons. The van der Waals surface area contributed by atoms with Crippen LogP contribution in [0, 0.1) is 17.8 Å². The van der Waals surface area contributed by atoms with Gasteiger partial charge in [-0.25, -0.2) is 0 Å². The van der Waals surface area contributed by atoms with Gasteiger partial charge in [-0.2, -0.15) is 0 Å². The second-order valence-electron chi connectivity index (χ2n) is 3.76. The van der Waals surface area contributed by atoms with Crippen LogP contribution in [0.1, 0.15) is 12.8 Å². The van der Waals surface area contributed by atoms with E-state index in [1.54, 1.807) is 0 Å². The summed E-state index contributed by atoms with van der Waals surface area (Å²) in [4.78, 5) is 11.7. The molecule has 0 N–H and O–H groups in total. The number of esters is 1. The van der Waals surface area contributed by atoms with Gasteiger partial charge in [0.2, 0.25) is 0 Å². The van der Waals surface area contributed by atoms with Crippen molar-refractivity contribution in [1.82, 2.24) is 0 Å². The quantitative estimate of drug-likeness (QED) is 0.452. The molecule has 5 atom stereocenters. The summed E-state index contributed by atoms with van der Waals surface area (Å²) in [6, 6.07) is 0. The Hall–Kier alpha value is -0.0500. The second kappa shape index (κ2) is 1.82. The standard InChI is InChI=1S/C8H9BrO2/c9-7-4-2-1-3-5(7)6(3)8(10)11-4/h3-7H,1-2H2. The molecule has 0 aromatic rings. The van der Waals surface area contributed by atoms with Crippen molar-refractivity contribution in [3.63, 3.8) is 0 Å². The Kier molecular flexibility index (Phi) is 1.07. The molecule has 11 heavy (non-hydrogen) atoms. The summed E-state index contributed by atoms with van der Waals surface area (Å²) in [7, 11) is 0. The first kappa shape index (κ1) is 6.46. The van der Waals surface area contributed by atoms with Crippen molar-refractivity contribution in [2.75, 3.05) is 0 Å². The number of hydrogen-bond acceptors (Lipinski definition) is 2. The third kappa shape index (κ3) is 0.657. The zero-order valence-electron chi connectivity index (χ0n) is 6.00. The minimum Gasteiger partial charge on any atom is -0.461 e. The highest BCUT2D eigenvalue weighted by molar-refractivity contribution is 9.09. The number of carbonyl (C=O) groups excluding carboxylic acids is 1. The molecule has 2 bridgehead atoms. The zero-order chi connectivity index (χ0) is 7.59. The molecule has 3 fully saturated rings. The predicted molar refractivity (Wildman–Crippen MR) is 42.3 cm³/mol. The van der Waals surface area contributed by atoms with Crippen LogP contribution in [0.15, 0.2) is 0 Å². The molecule has 2 nitrogen and oxygen atoms in total. The summed E-state index contributed by atoms with van der Waals surface area (Å²) in [5.74, 6) is 1.61. The van der Waals surface area contributed by atoms with E-state index < -0.39 is 0 Å². The van der Waals surface area contributed by atoms with Crippen molar-refractivity contribution in [1.29, 1.82) is 0 Å². The van der Waals surface area contributed by atoms with Crippen LogP contribution in [-0.2, 0) is 9.53 Å². The van der Waals surface area contributed by atoms with Crippen molar-refractivity contribution in [3.8, 4) is 0 Å². The number of rotatable bonds is 0. The first-order valence-corrected chi connectivity index (χ1v) is 5.05. The normalized spacial score (nSPS) is 58.6. The van der Waals surface area contributed by atoms with Crippen LogP contribution < -0.4 is 0 Å². The highest BCUT2D eigenvalue weighted by Gasteiger charge is 2.65. The van der Waals surface area contributed by atoms with Gasteiger partial charge < -0.3 is 4.74 Å². The van der Waals surface area contributed by atoms with Crippen molar-refractivity contribution in [2.45, 2.75) is 23.8 Å². The smallest absolute Gasteiger partial charge is 0.309 e. The van der Waals surface area contributed by atoms with Gasteiger partial charge in [0, 0.05) is 0 Å². The minimum atomic E-state index is 0.0678. The molecule has 2 saturated carbocycles. The number of hydrogen-bond donors (Lipinski definition) is 0. The molecule has 60 valence electrons. The highest BCUT2D eigenvalue weighted by atomic mass is 79.9. The van der Waals surface area contributed by atoms with Crippen LogP contribution in [0.5, 0.6) is 0 Å². The van der Waals surface area contributed by atoms with Crippen molar-refractivity contribution in [2.24, 2.45) is 17.8 Å². The molecule has 3 aliphatic rings. The predicted octanol–water partition coefficient (Wildman–Crippen LogP) is 1.33. The maximum absolute atomic E-state index is 11.2. The van der Waals surface area contributed by atoms with Gasteiger partial charge in [-0.1, -0.05) is 15.9 Å². The Labute approximate surface area is 73.4 Å². The maximum atomic E-state index is 11.2. The lowest BCUT2D eigenvalue weighted by atomic mass is 9.97. The van der Waals surface area contributed by atoms with Gasteiger partial charge in [0.05, 0.1) is 10.7 Å². The first-order chi connectivity index (χ1) is 5.29. The first-order valence-electron chi connectivity index (χ1n) is 4.13. The maximum Gasteiger partial charge on any atom is 0.309 e. The van der Waals surface area contributed by atoms with Crippen molar-refractivity contribution in [3.05, 3.63) is 0 Å². The molecule has 0 spiro atoms. The third-order valence-corrected chi connectivity index (χ3v) is 4.48. The molecule has 1 saturated heterocycles. The number of carbonyl (C=O) groups is 1. The van der Waals surface area contributed by atoms with E-state index in [9.17, 15) is 4.79 Å². The Morgan fingerprint density at radius 2 is 2.27 bits per heavy atom. The van der Waals surface area contributed by atoms with Crippen LogP contribution in [0.3, 0.4) is 0 Å². The summed E-state index contributed by atoms with van der Waals surface area (Å²) in [6.07, 6.45) is 2.45. The molecule has 5 unspecified atom stereocenters. The number of fused-ring (bicyclic) bond motifs is 2. The van der Waals surface area contributed by atoms with Crippen LogP contribution in [0.2, 0.25) is 0 Å². The van der Waals surface area contributed by atoms with Crippen LogP contribution in [0.4, 0.5) is 0 Å². The molecule has 0 aromatic carbocycles. The molecular weight excluding hydrogens is 208 g/mol. The van der Waals surface area contributed by atoms with Gasteiger partial charge in [-0.05, 0) is 24.7 Å². The lowest BCUT2D eigenvalue weighted by molar-refractivity contribution is -0.154. The molecular formula is C8H9BrO2. The highest BCUT2D eigenvalue weighted by Crippen LogP contribution is 2.61. The number of alkyl halides is 1. The number of ether oxygens (including phenoxy) is 1. The summed E-state index contributed by atoms with van der Waals surface area (Å²) < 4.78 is 5.26. The molecule has 2 aliphatic carbocycles. The van der Waals surface area contributed by atoms with Crippen LogP contribution >= 0.6 is 15.9 Å². The molecule has 0 amide bonds. The molecule has 3 heteroatoms. The molecule has 1 aliphatic heterocycles. The average Bonchev–Trinajstić information content (AvgIpc) is 2.67. The van der Waals surface area contributed by atoms with Crippen molar-refractivity contribution < 1.29 is 9.53 Å². The minimum absolute atomic E-state index is 0.0678. The van der Waals surface area contributed by atoms with Crippen molar-refractivity contribution >= 4 is 21.9 Å². The fourth-order valence-electron chi connectivity index (χ4n) is 2.65.